The maximum atomic E-state index is 4.31. The lowest BCUT2D eigenvalue weighted by atomic mass is 9.86. The van der Waals surface area contributed by atoms with Crippen LogP contribution in [0.25, 0.3) is 0 Å². The van der Waals surface area contributed by atoms with Gasteiger partial charge >= 0.3 is 0 Å². The van der Waals surface area contributed by atoms with Crippen LogP contribution in [0.1, 0.15) is 19.3 Å². The monoisotopic (exact) mass is 136 g/mol. The van der Waals surface area contributed by atoms with Gasteiger partial charge in [0.25, 0.3) is 0 Å². The lowest BCUT2D eigenvalue weighted by Gasteiger charge is -2.20. The van der Waals surface area contributed by atoms with E-state index in [1.54, 1.807) is 0 Å². The summed E-state index contributed by atoms with van der Waals surface area (Å²) >= 11 is 0. The van der Waals surface area contributed by atoms with Gasteiger partial charge in [0, 0.05) is 5.92 Å². The van der Waals surface area contributed by atoms with E-state index in [-0.39, 0.29) is 0 Å². The molecule has 2 bridgehead atoms. The largest absolute Gasteiger partial charge is 0.194 e. The number of rotatable bonds is 0. The van der Waals surface area contributed by atoms with Crippen molar-refractivity contribution in [2.24, 2.45) is 28.0 Å². The van der Waals surface area contributed by atoms with Crippen LogP contribution in [0.2, 0.25) is 0 Å². The highest BCUT2D eigenvalue weighted by Crippen LogP contribution is 2.51. The van der Waals surface area contributed by atoms with Gasteiger partial charge in [0.05, 0.1) is 12.6 Å². The Morgan fingerprint density at radius 1 is 1.10 bits per heavy atom. The summed E-state index contributed by atoms with van der Waals surface area (Å²) in [7, 11) is 0. The van der Waals surface area contributed by atoms with E-state index >= 15 is 0 Å². The Kier molecular flexibility index (Phi) is 0.846. The lowest BCUT2D eigenvalue weighted by Crippen LogP contribution is -2.23. The van der Waals surface area contributed by atoms with Crippen LogP contribution in [-0.2, 0) is 0 Å². The SMILES string of the molecule is C1CC2CC1C1CN=NC21. The summed E-state index contributed by atoms with van der Waals surface area (Å²) in [5.41, 5.74) is 0. The highest BCUT2D eigenvalue weighted by Gasteiger charge is 2.49. The van der Waals surface area contributed by atoms with Crippen LogP contribution in [0.3, 0.4) is 0 Å². The average Bonchev–Trinajstić information content (AvgIpc) is 2.60. The summed E-state index contributed by atoms with van der Waals surface area (Å²) in [6.07, 6.45) is 4.37. The zero-order valence-corrected chi connectivity index (χ0v) is 6.03. The van der Waals surface area contributed by atoms with Crippen LogP contribution in [-0.4, -0.2) is 12.6 Å². The Balaban J connectivity index is 1.97. The molecule has 0 amide bonds. The Morgan fingerprint density at radius 3 is 2.90 bits per heavy atom. The zero-order valence-electron chi connectivity index (χ0n) is 6.03. The number of nitrogens with zero attached hydrogens (tertiary/aromatic N) is 2. The summed E-state index contributed by atoms with van der Waals surface area (Å²) in [6.45, 7) is 1.05. The van der Waals surface area contributed by atoms with E-state index in [2.05, 4.69) is 10.2 Å². The van der Waals surface area contributed by atoms with E-state index in [1.807, 2.05) is 0 Å². The smallest absolute Gasteiger partial charge is 0.0785 e. The lowest BCUT2D eigenvalue weighted by molar-refractivity contribution is 0.328. The average molecular weight is 136 g/mol. The summed E-state index contributed by atoms with van der Waals surface area (Å²) in [4.78, 5) is 0. The van der Waals surface area contributed by atoms with Gasteiger partial charge in [-0.25, -0.2) is 0 Å². The topological polar surface area (TPSA) is 24.7 Å². The van der Waals surface area contributed by atoms with Gasteiger partial charge in [0.2, 0.25) is 0 Å². The molecule has 54 valence electrons. The Labute approximate surface area is 60.7 Å². The molecule has 10 heavy (non-hydrogen) atoms. The van der Waals surface area contributed by atoms with Crippen LogP contribution in [0, 0.1) is 17.8 Å². The molecule has 2 nitrogen and oxygen atoms in total. The third kappa shape index (κ3) is 0.468. The van der Waals surface area contributed by atoms with Crippen LogP contribution < -0.4 is 0 Å². The standard InChI is InChI=1S/C8H12N2/c1-2-6-3-5(1)7-4-9-10-8(6)7/h5-8H,1-4H2. The predicted molar refractivity (Wildman–Crippen MR) is 37.8 cm³/mol. The van der Waals surface area contributed by atoms with Crippen molar-refractivity contribution in [1.82, 2.24) is 0 Å². The number of hydrogen-bond donors (Lipinski definition) is 0. The molecule has 0 aromatic heterocycles. The van der Waals surface area contributed by atoms with E-state index < -0.39 is 0 Å². The highest BCUT2D eigenvalue weighted by molar-refractivity contribution is 5.02. The van der Waals surface area contributed by atoms with Crippen LogP contribution in [0.4, 0.5) is 0 Å². The van der Waals surface area contributed by atoms with Gasteiger partial charge in [-0.3, -0.25) is 0 Å². The molecule has 0 spiro atoms. The molecule has 2 fully saturated rings. The van der Waals surface area contributed by atoms with E-state index in [0.717, 1.165) is 24.3 Å². The van der Waals surface area contributed by atoms with Gasteiger partial charge in [0.15, 0.2) is 0 Å². The fourth-order valence-electron chi connectivity index (χ4n) is 3.05. The minimum atomic E-state index is 0.666. The van der Waals surface area contributed by atoms with E-state index in [1.165, 1.54) is 19.3 Å². The molecule has 3 aliphatic rings. The highest BCUT2D eigenvalue weighted by atomic mass is 15.2. The molecular formula is C8H12N2. The predicted octanol–water partition coefficient (Wildman–Crippen LogP) is 1.87. The maximum Gasteiger partial charge on any atom is 0.0785 e. The minimum Gasteiger partial charge on any atom is -0.194 e. The summed E-state index contributed by atoms with van der Waals surface area (Å²) in [6, 6.07) is 0.666. The first-order valence-electron chi connectivity index (χ1n) is 4.32. The Morgan fingerprint density at radius 2 is 2.00 bits per heavy atom. The van der Waals surface area contributed by atoms with Gasteiger partial charge in [-0.1, -0.05) is 0 Å². The van der Waals surface area contributed by atoms with Crippen LogP contribution in [0.5, 0.6) is 0 Å². The first kappa shape index (κ1) is 5.28. The van der Waals surface area contributed by atoms with Crippen molar-refractivity contribution >= 4 is 0 Å². The molecular weight excluding hydrogens is 124 g/mol. The number of azo groups is 1. The molecule has 0 aromatic carbocycles. The molecule has 4 unspecified atom stereocenters. The number of hydrogen-bond acceptors (Lipinski definition) is 2. The molecule has 2 heteroatoms. The quantitative estimate of drug-likeness (QED) is 0.485. The second-order valence-corrected chi connectivity index (χ2v) is 3.93. The zero-order chi connectivity index (χ0) is 6.55. The van der Waals surface area contributed by atoms with Crippen LogP contribution in [0.15, 0.2) is 10.2 Å². The van der Waals surface area contributed by atoms with Crippen molar-refractivity contribution in [3.05, 3.63) is 0 Å². The van der Waals surface area contributed by atoms with Crippen molar-refractivity contribution in [3.8, 4) is 0 Å². The molecule has 3 rings (SSSR count). The molecule has 0 radical (unpaired) electrons. The van der Waals surface area contributed by atoms with E-state index in [9.17, 15) is 0 Å². The van der Waals surface area contributed by atoms with E-state index in [0.29, 0.717) is 6.04 Å². The van der Waals surface area contributed by atoms with Crippen molar-refractivity contribution in [2.75, 3.05) is 6.54 Å². The van der Waals surface area contributed by atoms with Crippen molar-refractivity contribution < 1.29 is 0 Å². The molecule has 2 aliphatic carbocycles. The summed E-state index contributed by atoms with van der Waals surface area (Å²) in [5, 5.41) is 8.44. The summed E-state index contributed by atoms with van der Waals surface area (Å²) in [5.74, 6) is 2.81. The van der Waals surface area contributed by atoms with Gasteiger partial charge in [0.1, 0.15) is 0 Å². The first-order valence-corrected chi connectivity index (χ1v) is 4.32. The van der Waals surface area contributed by atoms with Crippen LogP contribution >= 0.6 is 0 Å². The molecule has 0 saturated heterocycles. The molecule has 1 heterocycles. The Bertz CT molecular complexity index is 188. The van der Waals surface area contributed by atoms with Crippen molar-refractivity contribution in [3.63, 3.8) is 0 Å². The normalized spacial score (nSPS) is 56.0. The molecule has 1 aliphatic heterocycles. The fraction of sp³-hybridized carbons (Fsp3) is 1.00. The summed E-state index contributed by atoms with van der Waals surface area (Å²) < 4.78 is 0. The first-order chi connectivity index (χ1) is 4.95. The van der Waals surface area contributed by atoms with Crippen molar-refractivity contribution in [2.45, 2.75) is 25.3 Å². The van der Waals surface area contributed by atoms with Crippen molar-refractivity contribution in [1.29, 1.82) is 0 Å². The molecule has 4 atom stereocenters. The van der Waals surface area contributed by atoms with Gasteiger partial charge in [-0.15, -0.1) is 0 Å². The molecule has 0 aromatic rings. The minimum absolute atomic E-state index is 0.666. The third-order valence-corrected chi connectivity index (χ3v) is 3.55. The van der Waals surface area contributed by atoms with E-state index in [4.69, 9.17) is 0 Å². The van der Waals surface area contributed by atoms with Gasteiger partial charge in [-0.2, -0.15) is 10.2 Å². The maximum absolute atomic E-state index is 4.31. The molecule has 2 saturated carbocycles. The van der Waals surface area contributed by atoms with Gasteiger partial charge < -0.3 is 0 Å². The second-order valence-electron chi connectivity index (χ2n) is 3.93. The molecule has 0 N–H and O–H groups in total. The second kappa shape index (κ2) is 1.60. The van der Waals surface area contributed by atoms with Gasteiger partial charge in [-0.05, 0) is 31.1 Å². The fourth-order valence-corrected chi connectivity index (χ4v) is 3.05. The Hall–Kier alpha value is -0.400. The number of fused-ring (bicyclic) bond motifs is 5. The third-order valence-electron chi connectivity index (χ3n) is 3.55.